The number of aryl methyl sites for hydroxylation is 1. The Labute approximate surface area is 220 Å². The lowest BCUT2D eigenvalue weighted by atomic mass is 9.82. The van der Waals surface area contributed by atoms with Gasteiger partial charge in [0, 0.05) is 28.6 Å². The first kappa shape index (κ1) is 32.4. The van der Waals surface area contributed by atoms with Gasteiger partial charge in [0.2, 0.25) is 5.91 Å². The number of hydrogen-bond acceptors (Lipinski definition) is 4. The van der Waals surface area contributed by atoms with Crippen LogP contribution in [0.15, 0.2) is 30.1 Å². The van der Waals surface area contributed by atoms with Crippen molar-refractivity contribution < 1.29 is 18.0 Å². The topological polar surface area (TPSA) is 54.0 Å². The Kier molecular flexibility index (Phi) is 12.9. The van der Waals surface area contributed by atoms with Crippen molar-refractivity contribution in [2.75, 3.05) is 6.54 Å². The highest BCUT2D eigenvalue weighted by Gasteiger charge is 2.30. The quantitative estimate of drug-likeness (QED) is 0.213. The molecule has 1 fully saturated rings. The molecule has 0 saturated heterocycles. The van der Waals surface area contributed by atoms with E-state index in [1.54, 1.807) is 32.1 Å². The zero-order valence-electron chi connectivity index (χ0n) is 23.2. The van der Waals surface area contributed by atoms with Crippen molar-refractivity contribution in [3.05, 3.63) is 40.0 Å². The molecule has 2 rings (SSSR count). The van der Waals surface area contributed by atoms with E-state index in [9.17, 15) is 18.0 Å². The molecule has 0 bridgehead atoms. The number of carbonyl (C=O) groups excluding carboxylic acids is 1. The van der Waals surface area contributed by atoms with E-state index in [0.717, 1.165) is 21.4 Å². The van der Waals surface area contributed by atoms with Gasteiger partial charge in [-0.3, -0.25) is 4.79 Å². The number of unbranched alkanes of at least 4 members (excludes halogenated alkanes) is 1. The molecule has 1 aromatic rings. The number of aromatic nitrogens is 1. The molecule has 0 spiro atoms. The van der Waals surface area contributed by atoms with Crippen molar-refractivity contribution in [1.82, 2.24) is 15.6 Å². The zero-order chi connectivity index (χ0) is 27.6. The predicted molar refractivity (Wildman–Crippen MR) is 145 cm³/mol. The minimum absolute atomic E-state index is 0.0751. The Morgan fingerprint density at radius 1 is 1.22 bits per heavy atom. The minimum Gasteiger partial charge on any atom is -0.328 e. The maximum absolute atomic E-state index is 12.5. The van der Waals surface area contributed by atoms with E-state index in [4.69, 9.17) is 0 Å². The Hall–Kier alpha value is -1.67. The third kappa shape index (κ3) is 11.6. The number of thiazole rings is 1. The lowest BCUT2D eigenvalue weighted by molar-refractivity contribution is -0.135. The second kappa shape index (κ2) is 14.3. The van der Waals surface area contributed by atoms with Gasteiger partial charge in [0.05, 0.1) is 10.5 Å². The molecule has 0 radical (unpaired) electrons. The molecular formula is C28H46F3N3OS. The highest BCUT2D eigenvalue weighted by atomic mass is 32.1. The molecule has 1 amide bonds. The van der Waals surface area contributed by atoms with Crippen LogP contribution in [0.4, 0.5) is 13.2 Å². The first-order chi connectivity index (χ1) is 16.6. The Balaban J connectivity index is 0.000000681. The number of carbonyl (C=O) groups is 1. The van der Waals surface area contributed by atoms with E-state index >= 15 is 0 Å². The highest BCUT2D eigenvalue weighted by Crippen LogP contribution is 2.35. The SMILES string of the molecule is C=C(/C=C(\C)NC(=O)C(C)(C)NCCCC(F)(F)F)C(C)(C)c1cnc(C)s1.CCCCC1CCC1. The molecule has 0 aromatic carbocycles. The summed E-state index contributed by atoms with van der Waals surface area (Å²) in [5.74, 6) is 0.822. The number of halogens is 3. The zero-order valence-corrected chi connectivity index (χ0v) is 24.0. The molecular weight excluding hydrogens is 483 g/mol. The summed E-state index contributed by atoms with van der Waals surface area (Å²) in [6, 6.07) is 0. The first-order valence-corrected chi connectivity index (χ1v) is 13.8. The van der Waals surface area contributed by atoms with Gasteiger partial charge in [0.25, 0.3) is 0 Å². The number of hydrogen-bond donors (Lipinski definition) is 2. The third-order valence-electron chi connectivity index (χ3n) is 6.70. The Bertz CT molecular complexity index is 868. The van der Waals surface area contributed by atoms with Gasteiger partial charge in [0.1, 0.15) is 0 Å². The first-order valence-electron chi connectivity index (χ1n) is 13.0. The number of alkyl halides is 3. The van der Waals surface area contributed by atoms with Crippen LogP contribution in [0.1, 0.15) is 103 Å². The largest absolute Gasteiger partial charge is 0.389 e. The van der Waals surface area contributed by atoms with Crippen LogP contribution >= 0.6 is 11.3 Å². The molecule has 1 heterocycles. The van der Waals surface area contributed by atoms with Crippen LogP contribution in [0.2, 0.25) is 0 Å². The molecule has 0 atom stereocenters. The molecule has 0 aliphatic heterocycles. The summed E-state index contributed by atoms with van der Waals surface area (Å²) in [5, 5.41) is 6.66. The van der Waals surface area contributed by atoms with Crippen LogP contribution in [-0.2, 0) is 10.2 Å². The average molecular weight is 530 g/mol. The van der Waals surface area contributed by atoms with Crippen molar-refractivity contribution in [1.29, 1.82) is 0 Å². The standard InChI is InChI=1S/C20H30F3N3OS.C8H16/c1-13(18(4,5)16-12-24-15(3)28-16)11-14(2)26-17(27)19(6,7)25-10-8-9-20(21,22)23;1-2-3-5-8-6-4-7-8/h11-12,25H,1,8-10H2,2-7H3,(H,26,27);8H,2-7H2,1H3/b14-11+;. The predicted octanol–water partition coefficient (Wildman–Crippen LogP) is 7.99. The molecule has 206 valence electrons. The van der Waals surface area contributed by atoms with E-state index in [1.807, 2.05) is 33.0 Å². The van der Waals surface area contributed by atoms with Gasteiger partial charge in [-0.25, -0.2) is 4.98 Å². The summed E-state index contributed by atoms with van der Waals surface area (Å²) in [4.78, 5) is 17.9. The average Bonchev–Trinajstić information content (AvgIpc) is 3.17. The van der Waals surface area contributed by atoms with Crippen molar-refractivity contribution >= 4 is 17.2 Å². The number of nitrogens with one attached hydrogen (secondary N) is 2. The van der Waals surface area contributed by atoms with Gasteiger partial charge in [0.15, 0.2) is 0 Å². The molecule has 2 N–H and O–H groups in total. The van der Waals surface area contributed by atoms with Gasteiger partial charge in [-0.05, 0) is 58.2 Å². The minimum atomic E-state index is -4.18. The Morgan fingerprint density at radius 2 is 1.86 bits per heavy atom. The van der Waals surface area contributed by atoms with Crippen LogP contribution in [0, 0.1) is 12.8 Å². The maximum Gasteiger partial charge on any atom is 0.389 e. The summed E-state index contributed by atoms with van der Waals surface area (Å²) < 4.78 is 36.7. The van der Waals surface area contributed by atoms with Crippen molar-refractivity contribution in [3.63, 3.8) is 0 Å². The smallest absolute Gasteiger partial charge is 0.328 e. The molecule has 8 heteroatoms. The summed E-state index contributed by atoms with van der Waals surface area (Å²) in [6.07, 6.45) is 7.44. The molecule has 4 nitrogen and oxygen atoms in total. The van der Waals surface area contributed by atoms with Gasteiger partial charge in [-0.2, -0.15) is 13.2 Å². The number of rotatable bonds is 12. The fourth-order valence-corrected chi connectivity index (χ4v) is 4.58. The fraction of sp³-hybridized carbons (Fsp3) is 0.714. The molecule has 36 heavy (non-hydrogen) atoms. The van der Waals surface area contributed by atoms with Crippen molar-refractivity contribution in [3.8, 4) is 0 Å². The van der Waals surface area contributed by atoms with E-state index in [2.05, 4.69) is 29.1 Å². The molecule has 1 saturated carbocycles. The van der Waals surface area contributed by atoms with Crippen LogP contribution < -0.4 is 10.6 Å². The lowest BCUT2D eigenvalue weighted by Crippen LogP contribution is -2.52. The van der Waals surface area contributed by atoms with Crippen molar-refractivity contribution in [2.45, 2.75) is 117 Å². The summed E-state index contributed by atoms with van der Waals surface area (Å²) >= 11 is 1.60. The van der Waals surface area contributed by atoms with E-state index in [-0.39, 0.29) is 24.3 Å². The van der Waals surface area contributed by atoms with Crippen LogP contribution in [0.5, 0.6) is 0 Å². The molecule has 1 aliphatic carbocycles. The Morgan fingerprint density at radius 3 is 2.33 bits per heavy atom. The highest BCUT2D eigenvalue weighted by molar-refractivity contribution is 7.11. The van der Waals surface area contributed by atoms with Crippen LogP contribution in [0.3, 0.4) is 0 Å². The van der Waals surface area contributed by atoms with Gasteiger partial charge in [-0.1, -0.05) is 65.9 Å². The number of amides is 1. The molecule has 1 aliphatic rings. The third-order valence-corrected chi connectivity index (χ3v) is 7.94. The molecule has 1 aromatic heterocycles. The van der Waals surface area contributed by atoms with Gasteiger partial charge >= 0.3 is 6.18 Å². The van der Waals surface area contributed by atoms with Gasteiger partial charge < -0.3 is 10.6 Å². The lowest BCUT2D eigenvalue weighted by Gasteiger charge is -2.27. The monoisotopic (exact) mass is 529 g/mol. The number of allylic oxidation sites excluding steroid dienone is 3. The van der Waals surface area contributed by atoms with Gasteiger partial charge in [-0.15, -0.1) is 11.3 Å². The van der Waals surface area contributed by atoms with Crippen LogP contribution in [-0.4, -0.2) is 29.2 Å². The van der Waals surface area contributed by atoms with E-state index in [1.165, 1.54) is 38.5 Å². The normalized spacial score (nSPS) is 15.1. The summed E-state index contributed by atoms with van der Waals surface area (Å²) in [6.45, 7) is 17.6. The summed E-state index contributed by atoms with van der Waals surface area (Å²) in [5.41, 5.74) is 0.120. The second-order valence-corrected chi connectivity index (χ2v) is 12.1. The summed E-state index contributed by atoms with van der Waals surface area (Å²) in [7, 11) is 0. The van der Waals surface area contributed by atoms with E-state index < -0.39 is 18.1 Å². The fourth-order valence-electron chi connectivity index (χ4n) is 3.67. The van der Waals surface area contributed by atoms with Crippen molar-refractivity contribution in [2.24, 2.45) is 5.92 Å². The maximum atomic E-state index is 12.5. The van der Waals surface area contributed by atoms with E-state index in [0.29, 0.717) is 5.70 Å². The van der Waals surface area contributed by atoms with Crippen LogP contribution in [0.25, 0.3) is 0 Å². The second-order valence-electron chi connectivity index (χ2n) is 10.9. The molecule has 0 unspecified atom stereocenters. The number of nitrogens with zero attached hydrogens (tertiary/aromatic N) is 1.